The van der Waals surface area contributed by atoms with Crippen LogP contribution in [-0.2, 0) is 0 Å². The number of nitrogens with zero attached hydrogens (tertiary/aromatic N) is 2. The average molecular weight is 679 g/mol. The lowest BCUT2D eigenvalue weighted by molar-refractivity contribution is 0.669. The van der Waals surface area contributed by atoms with Crippen molar-refractivity contribution in [1.29, 1.82) is 0 Å². The number of hydrogen-bond acceptors (Lipinski definition) is 3. The molecule has 10 aromatic rings. The SMILES string of the molecule is c1ccc(N(c2ccccc2)c2cc(-c3cc4ccccc4c4ccccc34)cc(N(c3ccccc3)c3cccc4c3oc3ccccc34)c2)cc1. The monoisotopic (exact) mass is 678 g/mol. The summed E-state index contributed by atoms with van der Waals surface area (Å²) < 4.78 is 6.69. The lowest BCUT2D eigenvalue weighted by Crippen LogP contribution is -2.13. The molecule has 0 atom stereocenters. The van der Waals surface area contributed by atoms with Crippen LogP contribution in [0.4, 0.5) is 34.1 Å². The Bertz CT molecular complexity index is 2860. The third-order valence-electron chi connectivity index (χ3n) is 10.2. The normalized spacial score (nSPS) is 11.4. The maximum absolute atomic E-state index is 6.69. The molecule has 0 fully saturated rings. The molecular weight excluding hydrogens is 645 g/mol. The van der Waals surface area contributed by atoms with Crippen molar-refractivity contribution in [3.63, 3.8) is 0 Å². The molecule has 9 aromatic carbocycles. The second-order valence-corrected chi connectivity index (χ2v) is 13.4. The fourth-order valence-electron chi connectivity index (χ4n) is 7.82. The van der Waals surface area contributed by atoms with Gasteiger partial charge in [-0.05, 0) is 105 Å². The van der Waals surface area contributed by atoms with Gasteiger partial charge in [0.1, 0.15) is 5.58 Å². The largest absolute Gasteiger partial charge is 0.454 e. The zero-order chi connectivity index (χ0) is 35.1. The van der Waals surface area contributed by atoms with Gasteiger partial charge in [0, 0.05) is 39.2 Å². The molecule has 0 saturated heterocycles. The summed E-state index contributed by atoms with van der Waals surface area (Å²) in [6.45, 7) is 0. The Morgan fingerprint density at radius 2 is 0.830 bits per heavy atom. The van der Waals surface area contributed by atoms with Crippen molar-refractivity contribution < 1.29 is 4.42 Å². The van der Waals surface area contributed by atoms with Gasteiger partial charge >= 0.3 is 0 Å². The van der Waals surface area contributed by atoms with Crippen LogP contribution in [0.5, 0.6) is 0 Å². The predicted molar refractivity (Wildman–Crippen MR) is 224 cm³/mol. The number of para-hydroxylation sites is 5. The minimum atomic E-state index is 0.851. The fourth-order valence-corrected chi connectivity index (χ4v) is 7.82. The topological polar surface area (TPSA) is 19.6 Å². The van der Waals surface area contributed by atoms with Crippen molar-refractivity contribution >= 4 is 77.6 Å². The highest BCUT2D eigenvalue weighted by atomic mass is 16.3. The number of anilines is 6. The quantitative estimate of drug-likeness (QED) is 0.156. The molecule has 0 radical (unpaired) electrons. The zero-order valence-electron chi connectivity index (χ0n) is 28.9. The molecule has 250 valence electrons. The smallest absolute Gasteiger partial charge is 0.159 e. The Morgan fingerprint density at radius 1 is 0.321 bits per heavy atom. The molecule has 0 aliphatic carbocycles. The number of hydrogen-bond donors (Lipinski definition) is 0. The van der Waals surface area contributed by atoms with E-state index in [9.17, 15) is 0 Å². The summed E-state index contributed by atoms with van der Waals surface area (Å²) in [7, 11) is 0. The van der Waals surface area contributed by atoms with E-state index in [-0.39, 0.29) is 0 Å². The molecule has 0 aliphatic rings. The standard InChI is InChI=1S/C50H34N2O/c1-4-18-37(19-5-1)51(38-20-6-2-7-21-38)40-31-36(47-33-35-17-10-11-24-42(35)43-25-12-13-26-44(43)47)32-41(34-40)52(39-22-8-3-9-23-39)48-29-16-28-46-45-27-14-15-30-49(45)53-50(46)48/h1-34H. The van der Waals surface area contributed by atoms with Crippen LogP contribution in [0.2, 0.25) is 0 Å². The summed E-state index contributed by atoms with van der Waals surface area (Å²) in [5.74, 6) is 0. The van der Waals surface area contributed by atoms with Gasteiger partial charge in [-0.3, -0.25) is 0 Å². The van der Waals surface area contributed by atoms with E-state index in [1.165, 1.54) is 27.1 Å². The molecular formula is C50H34N2O. The van der Waals surface area contributed by atoms with Crippen LogP contribution < -0.4 is 9.80 Å². The minimum Gasteiger partial charge on any atom is -0.454 e. The Labute approximate surface area is 308 Å². The highest BCUT2D eigenvalue weighted by Crippen LogP contribution is 2.47. The molecule has 1 aromatic heterocycles. The van der Waals surface area contributed by atoms with Crippen molar-refractivity contribution in [1.82, 2.24) is 0 Å². The number of furan rings is 1. The summed E-state index contributed by atoms with van der Waals surface area (Å²) in [6, 6.07) is 73.4. The van der Waals surface area contributed by atoms with Crippen molar-refractivity contribution in [2.45, 2.75) is 0 Å². The van der Waals surface area contributed by atoms with E-state index in [0.717, 1.165) is 61.6 Å². The van der Waals surface area contributed by atoms with Gasteiger partial charge in [0.15, 0.2) is 5.58 Å². The molecule has 0 bridgehead atoms. The van der Waals surface area contributed by atoms with Gasteiger partial charge in [0.2, 0.25) is 0 Å². The lowest BCUT2D eigenvalue weighted by Gasteiger charge is -2.30. The number of benzene rings is 9. The van der Waals surface area contributed by atoms with E-state index in [2.05, 4.69) is 204 Å². The molecule has 10 rings (SSSR count). The van der Waals surface area contributed by atoms with E-state index in [1.807, 2.05) is 12.1 Å². The third-order valence-corrected chi connectivity index (χ3v) is 10.2. The van der Waals surface area contributed by atoms with Crippen LogP contribution in [-0.4, -0.2) is 0 Å². The van der Waals surface area contributed by atoms with E-state index in [0.29, 0.717) is 0 Å². The van der Waals surface area contributed by atoms with Crippen LogP contribution in [0.3, 0.4) is 0 Å². The molecule has 0 N–H and O–H groups in total. The first kappa shape index (κ1) is 30.7. The molecule has 0 unspecified atom stereocenters. The predicted octanol–water partition coefficient (Wildman–Crippen LogP) is 14.5. The summed E-state index contributed by atoms with van der Waals surface area (Å²) in [4.78, 5) is 4.69. The molecule has 0 spiro atoms. The van der Waals surface area contributed by atoms with Crippen LogP contribution >= 0.6 is 0 Å². The van der Waals surface area contributed by atoms with E-state index in [4.69, 9.17) is 4.42 Å². The van der Waals surface area contributed by atoms with E-state index >= 15 is 0 Å². The fraction of sp³-hybridized carbons (Fsp3) is 0. The van der Waals surface area contributed by atoms with Gasteiger partial charge in [-0.25, -0.2) is 0 Å². The summed E-state index contributed by atoms with van der Waals surface area (Å²) in [6.07, 6.45) is 0. The van der Waals surface area contributed by atoms with Crippen LogP contribution in [0.1, 0.15) is 0 Å². The Kier molecular flexibility index (Phi) is 7.47. The Morgan fingerprint density at radius 3 is 1.51 bits per heavy atom. The van der Waals surface area contributed by atoms with Crippen molar-refractivity contribution in [3.8, 4) is 11.1 Å². The first-order valence-corrected chi connectivity index (χ1v) is 18.0. The molecule has 0 aliphatic heterocycles. The molecule has 3 heteroatoms. The van der Waals surface area contributed by atoms with Gasteiger partial charge in [-0.15, -0.1) is 0 Å². The van der Waals surface area contributed by atoms with E-state index in [1.54, 1.807) is 0 Å². The highest BCUT2D eigenvalue weighted by Gasteiger charge is 2.23. The van der Waals surface area contributed by atoms with Gasteiger partial charge in [-0.1, -0.05) is 133 Å². The number of rotatable bonds is 7. The number of fused-ring (bicyclic) bond motifs is 6. The molecule has 0 amide bonds. The lowest BCUT2D eigenvalue weighted by atomic mass is 9.92. The maximum Gasteiger partial charge on any atom is 0.159 e. The van der Waals surface area contributed by atoms with Crippen LogP contribution in [0, 0.1) is 0 Å². The summed E-state index contributed by atoms with van der Waals surface area (Å²) >= 11 is 0. The second-order valence-electron chi connectivity index (χ2n) is 13.4. The van der Waals surface area contributed by atoms with Crippen molar-refractivity contribution in [2.24, 2.45) is 0 Å². The Hall–Kier alpha value is -7.10. The van der Waals surface area contributed by atoms with Gasteiger partial charge in [-0.2, -0.15) is 0 Å². The molecule has 1 heterocycles. The second kappa shape index (κ2) is 12.9. The van der Waals surface area contributed by atoms with E-state index < -0.39 is 0 Å². The Balaban J connectivity index is 1.30. The van der Waals surface area contributed by atoms with Crippen LogP contribution in [0.15, 0.2) is 211 Å². The van der Waals surface area contributed by atoms with Gasteiger partial charge < -0.3 is 14.2 Å². The zero-order valence-corrected chi connectivity index (χ0v) is 28.9. The van der Waals surface area contributed by atoms with Crippen LogP contribution in [0.25, 0.3) is 54.6 Å². The molecule has 0 saturated carbocycles. The molecule has 3 nitrogen and oxygen atoms in total. The maximum atomic E-state index is 6.69. The first-order chi connectivity index (χ1) is 26.3. The van der Waals surface area contributed by atoms with Gasteiger partial charge in [0.05, 0.1) is 5.69 Å². The summed E-state index contributed by atoms with van der Waals surface area (Å²) in [5.41, 5.74) is 10.3. The van der Waals surface area contributed by atoms with Gasteiger partial charge in [0.25, 0.3) is 0 Å². The third kappa shape index (κ3) is 5.38. The first-order valence-electron chi connectivity index (χ1n) is 18.0. The highest BCUT2D eigenvalue weighted by molar-refractivity contribution is 6.14. The van der Waals surface area contributed by atoms with Crippen molar-refractivity contribution in [2.75, 3.05) is 9.80 Å². The minimum absolute atomic E-state index is 0.851. The molecule has 53 heavy (non-hydrogen) atoms. The summed E-state index contributed by atoms with van der Waals surface area (Å²) in [5, 5.41) is 7.11. The average Bonchev–Trinajstić information content (AvgIpc) is 3.62. The van der Waals surface area contributed by atoms with Crippen molar-refractivity contribution in [3.05, 3.63) is 206 Å².